The van der Waals surface area contributed by atoms with E-state index in [0.29, 0.717) is 5.92 Å². The summed E-state index contributed by atoms with van der Waals surface area (Å²) in [7, 11) is 0. The molecule has 0 bridgehead atoms. The van der Waals surface area contributed by atoms with Gasteiger partial charge in [0.2, 0.25) is 0 Å². The zero-order valence-corrected chi connectivity index (χ0v) is 15.6. The molecule has 0 radical (unpaired) electrons. The van der Waals surface area contributed by atoms with Gasteiger partial charge in [0.05, 0.1) is 0 Å². The van der Waals surface area contributed by atoms with Gasteiger partial charge in [-0.3, -0.25) is 4.90 Å². The van der Waals surface area contributed by atoms with Crippen LogP contribution in [0, 0.1) is 11.7 Å². The second-order valence-electron chi connectivity index (χ2n) is 7.30. The molecule has 0 amide bonds. The van der Waals surface area contributed by atoms with Crippen molar-refractivity contribution < 1.29 is 4.39 Å². The lowest BCUT2D eigenvalue weighted by molar-refractivity contribution is 0.222. The van der Waals surface area contributed by atoms with E-state index in [1.54, 1.807) is 0 Å². The van der Waals surface area contributed by atoms with Crippen molar-refractivity contribution in [3.05, 3.63) is 95.6 Å². The van der Waals surface area contributed by atoms with Gasteiger partial charge < -0.3 is 4.57 Å². The van der Waals surface area contributed by atoms with E-state index < -0.39 is 0 Å². The first-order valence-corrected chi connectivity index (χ1v) is 9.25. The van der Waals surface area contributed by atoms with Gasteiger partial charge in [-0.2, -0.15) is 0 Å². The summed E-state index contributed by atoms with van der Waals surface area (Å²) in [6.07, 6.45) is 2.11. The van der Waals surface area contributed by atoms with E-state index in [0.717, 1.165) is 31.7 Å². The van der Waals surface area contributed by atoms with Crippen LogP contribution < -0.4 is 0 Å². The Hall–Kier alpha value is -2.39. The summed E-state index contributed by atoms with van der Waals surface area (Å²) in [5.41, 5.74) is 3.73. The largest absolute Gasteiger partial charge is 0.346 e. The first-order valence-electron chi connectivity index (χ1n) is 9.25. The normalized spacial score (nSPS) is 11.4. The topological polar surface area (TPSA) is 8.17 Å². The summed E-state index contributed by atoms with van der Waals surface area (Å²) >= 11 is 0. The summed E-state index contributed by atoms with van der Waals surface area (Å²) in [6, 6.07) is 21.7. The minimum atomic E-state index is -0.188. The molecular weight excluding hydrogens is 323 g/mol. The molecule has 3 aromatic rings. The molecule has 3 heteroatoms. The fourth-order valence-electron chi connectivity index (χ4n) is 3.31. The minimum Gasteiger partial charge on any atom is -0.346 e. The lowest BCUT2D eigenvalue weighted by Gasteiger charge is -2.25. The zero-order chi connectivity index (χ0) is 18.4. The highest BCUT2D eigenvalue weighted by molar-refractivity contribution is 5.19. The summed E-state index contributed by atoms with van der Waals surface area (Å²) in [5, 5.41) is 0. The summed E-state index contributed by atoms with van der Waals surface area (Å²) in [6.45, 7) is 8.19. The van der Waals surface area contributed by atoms with Gasteiger partial charge in [-0.15, -0.1) is 0 Å². The number of nitrogens with zero attached hydrogens (tertiary/aromatic N) is 2. The van der Waals surface area contributed by atoms with Gasteiger partial charge in [-0.05, 0) is 41.3 Å². The van der Waals surface area contributed by atoms with E-state index in [1.165, 1.54) is 23.4 Å². The van der Waals surface area contributed by atoms with Crippen molar-refractivity contribution in [3.8, 4) is 0 Å². The maximum atomic E-state index is 13.1. The van der Waals surface area contributed by atoms with Gasteiger partial charge >= 0.3 is 0 Å². The van der Waals surface area contributed by atoms with Crippen molar-refractivity contribution >= 4 is 0 Å². The van der Waals surface area contributed by atoms with Crippen molar-refractivity contribution in [2.75, 3.05) is 6.54 Å². The molecule has 1 aromatic heterocycles. The Morgan fingerprint density at radius 2 is 1.58 bits per heavy atom. The Morgan fingerprint density at radius 1 is 0.846 bits per heavy atom. The molecule has 0 aliphatic heterocycles. The molecule has 0 spiro atoms. The highest BCUT2D eigenvalue weighted by Crippen LogP contribution is 2.15. The van der Waals surface area contributed by atoms with Crippen molar-refractivity contribution in [1.82, 2.24) is 9.47 Å². The molecule has 3 rings (SSSR count). The molecule has 0 fully saturated rings. The molecule has 0 saturated carbocycles. The van der Waals surface area contributed by atoms with Crippen LogP contribution >= 0.6 is 0 Å². The zero-order valence-electron chi connectivity index (χ0n) is 15.6. The molecule has 2 aromatic carbocycles. The Labute approximate surface area is 155 Å². The number of aromatic nitrogens is 1. The average molecular weight is 350 g/mol. The van der Waals surface area contributed by atoms with E-state index in [4.69, 9.17) is 0 Å². The quantitative estimate of drug-likeness (QED) is 0.533. The number of hydrogen-bond acceptors (Lipinski definition) is 1. The molecule has 2 nitrogen and oxygen atoms in total. The van der Waals surface area contributed by atoms with Gasteiger partial charge in [0.15, 0.2) is 0 Å². The first kappa shape index (κ1) is 18.4. The van der Waals surface area contributed by atoms with E-state index in [2.05, 4.69) is 72.0 Å². The van der Waals surface area contributed by atoms with Crippen LogP contribution in [0.25, 0.3) is 0 Å². The Bertz CT molecular complexity index is 791. The SMILES string of the molecule is CC(C)CN(Cc1ccccc1)Cc1cccn1Cc1ccc(F)cc1. The number of rotatable bonds is 8. The Balaban J connectivity index is 1.72. The fourth-order valence-corrected chi connectivity index (χ4v) is 3.31. The molecule has 26 heavy (non-hydrogen) atoms. The van der Waals surface area contributed by atoms with Crippen LogP contribution in [0.1, 0.15) is 30.7 Å². The van der Waals surface area contributed by atoms with Crippen LogP contribution in [0.3, 0.4) is 0 Å². The smallest absolute Gasteiger partial charge is 0.123 e. The van der Waals surface area contributed by atoms with Crippen molar-refractivity contribution in [2.24, 2.45) is 5.92 Å². The number of halogens is 1. The third-order valence-electron chi connectivity index (χ3n) is 4.45. The number of benzene rings is 2. The van der Waals surface area contributed by atoms with E-state index in [-0.39, 0.29) is 5.82 Å². The molecular formula is C23H27FN2. The van der Waals surface area contributed by atoms with Crippen LogP contribution in [0.4, 0.5) is 4.39 Å². The molecule has 0 aliphatic carbocycles. The van der Waals surface area contributed by atoms with E-state index in [1.807, 2.05) is 12.1 Å². The third-order valence-corrected chi connectivity index (χ3v) is 4.45. The van der Waals surface area contributed by atoms with Gasteiger partial charge in [0, 0.05) is 38.1 Å². The summed E-state index contributed by atoms with van der Waals surface area (Å²) in [5.74, 6) is 0.423. The van der Waals surface area contributed by atoms with Crippen LogP contribution in [-0.4, -0.2) is 16.0 Å². The fraction of sp³-hybridized carbons (Fsp3) is 0.304. The average Bonchev–Trinajstić information content (AvgIpc) is 3.04. The molecule has 0 saturated heterocycles. The summed E-state index contributed by atoms with van der Waals surface area (Å²) in [4.78, 5) is 2.50. The first-order chi connectivity index (χ1) is 12.6. The second kappa shape index (κ2) is 8.81. The summed E-state index contributed by atoms with van der Waals surface area (Å²) < 4.78 is 15.4. The van der Waals surface area contributed by atoms with Gasteiger partial charge in [-0.25, -0.2) is 4.39 Å². The maximum absolute atomic E-state index is 13.1. The van der Waals surface area contributed by atoms with Gasteiger partial charge in [-0.1, -0.05) is 56.3 Å². The molecule has 0 unspecified atom stereocenters. The van der Waals surface area contributed by atoms with E-state index in [9.17, 15) is 4.39 Å². The Morgan fingerprint density at radius 3 is 2.27 bits per heavy atom. The molecule has 136 valence electrons. The monoisotopic (exact) mass is 350 g/mol. The maximum Gasteiger partial charge on any atom is 0.123 e. The molecule has 0 aliphatic rings. The molecule has 0 atom stereocenters. The van der Waals surface area contributed by atoms with E-state index >= 15 is 0 Å². The van der Waals surface area contributed by atoms with Crippen LogP contribution in [-0.2, 0) is 19.6 Å². The standard InChI is InChI=1S/C23H27FN2/c1-19(2)15-25(16-20-7-4-3-5-8-20)18-23-9-6-14-26(23)17-21-10-12-22(24)13-11-21/h3-14,19H,15-18H2,1-2H3. The minimum absolute atomic E-state index is 0.188. The van der Waals surface area contributed by atoms with Gasteiger partial charge in [0.25, 0.3) is 0 Å². The van der Waals surface area contributed by atoms with Crippen molar-refractivity contribution in [3.63, 3.8) is 0 Å². The highest BCUT2D eigenvalue weighted by atomic mass is 19.1. The third kappa shape index (κ3) is 5.30. The Kier molecular flexibility index (Phi) is 6.24. The van der Waals surface area contributed by atoms with Gasteiger partial charge in [0.1, 0.15) is 5.82 Å². The molecule has 0 N–H and O–H groups in total. The van der Waals surface area contributed by atoms with Crippen LogP contribution in [0.2, 0.25) is 0 Å². The predicted molar refractivity (Wildman–Crippen MR) is 105 cm³/mol. The van der Waals surface area contributed by atoms with Crippen LogP contribution in [0.5, 0.6) is 0 Å². The molecule has 1 heterocycles. The van der Waals surface area contributed by atoms with Crippen molar-refractivity contribution in [2.45, 2.75) is 33.5 Å². The number of hydrogen-bond donors (Lipinski definition) is 0. The lowest BCUT2D eigenvalue weighted by atomic mass is 10.1. The second-order valence-corrected chi connectivity index (χ2v) is 7.30. The van der Waals surface area contributed by atoms with Crippen LogP contribution in [0.15, 0.2) is 72.9 Å². The predicted octanol–water partition coefficient (Wildman–Crippen LogP) is 5.33. The lowest BCUT2D eigenvalue weighted by Crippen LogP contribution is -2.28. The van der Waals surface area contributed by atoms with Crippen molar-refractivity contribution in [1.29, 1.82) is 0 Å². The highest BCUT2D eigenvalue weighted by Gasteiger charge is 2.12.